The van der Waals surface area contributed by atoms with Gasteiger partial charge in [-0.15, -0.1) is 0 Å². The van der Waals surface area contributed by atoms with Crippen molar-refractivity contribution in [1.29, 1.82) is 0 Å². The summed E-state index contributed by atoms with van der Waals surface area (Å²) in [5, 5.41) is 0. The van der Waals surface area contributed by atoms with Crippen LogP contribution in [0, 0.1) is 0 Å². The molecule has 182 valence electrons. The van der Waals surface area contributed by atoms with Crippen molar-refractivity contribution in [2.45, 2.75) is 64.6 Å². The van der Waals surface area contributed by atoms with Crippen LogP contribution in [0.15, 0.2) is 64.2 Å². The number of imidazole rings is 1. The summed E-state index contributed by atoms with van der Waals surface area (Å²) in [5.41, 5.74) is 2.53. The molecule has 1 aliphatic carbocycles. The molecule has 7 nitrogen and oxygen atoms in total. The minimum atomic E-state index is -0.303. The number of aromatic nitrogens is 4. The van der Waals surface area contributed by atoms with E-state index >= 15 is 0 Å². The molecule has 0 aliphatic heterocycles. The van der Waals surface area contributed by atoms with E-state index in [0.717, 1.165) is 48.4 Å². The fourth-order valence-electron chi connectivity index (χ4n) is 5.21. The Morgan fingerprint density at radius 2 is 1.54 bits per heavy atom. The fourth-order valence-corrected chi connectivity index (χ4v) is 5.21. The van der Waals surface area contributed by atoms with Crippen LogP contribution < -0.4 is 16.0 Å². The Kier molecular flexibility index (Phi) is 6.57. The minimum Gasteiger partial charge on any atom is -0.497 e. The lowest BCUT2D eigenvalue weighted by Crippen LogP contribution is -2.40. The number of hydrogen-bond donors (Lipinski definition) is 0. The molecule has 1 saturated carbocycles. The molecule has 5 rings (SSSR count). The van der Waals surface area contributed by atoms with Gasteiger partial charge in [0.15, 0.2) is 11.2 Å². The third-order valence-corrected chi connectivity index (χ3v) is 6.99. The Hall–Kier alpha value is -3.61. The van der Waals surface area contributed by atoms with Crippen LogP contribution in [-0.2, 0) is 19.6 Å². The predicted molar refractivity (Wildman–Crippen MR) is 137 cm³/mol. The molecule has 0 unspecified atom stereocenters. The smallest absolute Gasteiger partial charge is 0.333 e. The quantitative estimate of drug-likeness (QED) is 0.378. The van der Waals surface area contributed by atoms with E-state index in [9.17, 15) is 9.59 Å². The molecule has 2 aromatic heterocycles. The Balaban J connectivity index is 1.74. The molecule has 1 aliphatic rings. The van der Waals surface area contributed by atoms with Crippen molar-refractivity contribution < 1.29 is 4.74 Å². The van der Waals surface area contributed by atoms with Crippen LogP contribution >= 0.6 is 0 Å². The van der Waals surface area contributed by atoms with Crippen LogP contribution in [0.4, 0.5) is 0 Å². The summed E-state index contributed by atoms with van der Waals surface area (Å²) in [7, 11) is 1.63. The van der Waals surface area contributed by atoms with Crippen molar-refractivity contribution in [3.05, 3.63) is 92.4 Å². The highest BCUT2D eigenvalue weighted by molar-refractivity contribution is 5.72. The maximum Gasteiger partial charge on any atom is 0.333 e. The fraction of sp³-hybridized carbons (Fsp3) is 0.393. The molecule has 2 aromatic carbocycles. The zero-order valence-electron chi connectivity index (χ0n) is 20.4. The first-order valence-corrected chi connectivity index (χ1v) is 12.5. The Labute approximate surface area is 204 Å². The maximum atomic E-state index is 13.7. The highest BCUT2D eigenvalue weighted by atomic mass is 16.5. The number of hydrogen-bond acceptors (Lipinski definition) is 4. The summed E-state index contributed by atoms with van der Waals surface area (Å²) in [6.45, 7) is 3.27. The van der Waals surface area contributed by atoms with E-state index in [1.54, 1.807) is 11.7 Å². The van der Waals surface area contributed by atoms with Crippen LogP contribution in [0.2, 0.25) is 0 Å². The summed E-state index contributed by atoms with van der Waals surface area (Å²) in [6.07, 6.45) is 5.15. The van der Waals surface area contributed by atoms with E-state index in [-0.39, 0.29) is 11.2 Å². The van der Waals surface area contributed by atoms with Crippen molar-refractivity contribution in [3.63, 3.8) is 0 Å². The molecule has 7 heteroatoms. The number of benzene rings is 2. The molecule has 0 bridgehead atoms. The molecule has 0 amide bonds. The summed E-state index contributed by atoms with van der Waals surface area (Å²) < 4.78 is 10.4. The first-order valence-electron chi connectivity index (χ1n) is 12.5. The Bertz CT molecular complexity index is 1430. The van der Waals surface area contributed by atoms with Gasteiger partial charge < -0.3 is 9.30 Å². The zero-order valence-corrected chi connectivity index (χ0v) is 20.4. The third kappa shape index (κ3) is 4.43. The van der Waals surface area contributed by atoms with E-state index in [2.05, 4.69) is 16.7 Å². The second-order valence-corrected chi connectivity index (χ2v) is 9.37. The van der Waals surface area contributed by atoms with Gasteiger partial charge in [-0.2, -0.15) is 0 Å². The number of ether oxygens (including phenoxy) is 1. The van der Waals surface area contributed by atoms with Gasteiger partial charge >= 0.3 is 5.69 Å². The first-order chi connectivity index (χ1) is 17.1. The van der Waals surface area contributed by atoms with Crippen LogP contribution in [0.5, 0.6) is 5.75 Å². The lowest BCUT2D eigenvalue weighted by molar-refractivity contribution is 0.414. The highest BCUT2D eigenvalue weighted by Gasteiger charge is 2.28. The molecule has 0 spiro atoms. The van der Waals surface area contributed by atoms with Crippen molar-refractivity contribution in [1.82, 2.24) is 18.7 Å². The first kappa shape index (κ1) is 23.1. The van der Waals surface area contributed by atoms with E-state index in [4.69, 9.17) is 9.72 Å². The Morgan fingerprint density at radius 1 is 0.886 bits per heavy atom. The predicted octanol–water partition coefficient (Wildman–Crippen LogP) is 4.53. The number of rotatable bonds is 8. The van der Waals surface area contributed by atoms with Crippen LogP contribution in [0.25, 0.3) is 11.2 Å². The van der Waals surface area contributed by atoms with Crippen molar-refractivity contribution in [2.75, 3.05) is 7.11 Å². The van der Waals surface area contributed by atoms with Crippen molar-refractivity contribution in [2.24, 2.45) is 0 Å². The third-order valence-electron chi connectivity index (χ3n) is 6.99. The van der Waals surface area contributed by atoms with E-state index < -0.39 is 0 Å². The molecule has 2 heterocycles. The van der Waals surface area contributed by atoms with Gasteiger partial charge in [0.05, 0.1) is 13.7 Å². The van der Waals surface area contributed by atoms with Gasteiger partial charge in [0.1, 0.15) is 11.6 Å². The second kappa shape index (κ2) is 9.94. The normalized spacial score (nSPS) is 14.1. The second-order valence-electron chi connectivity index (χ2n) is 9.37. The SMILES string of the molecule is CCCn1c(=O)c2c(nc(C3CCCC3)n2Cc2ccccc2)n(Cc2ccc(OC)cc2)c1=O. The van der Waals surface area contributed by atoms with Gasteiger partial charge in [0.2, 0.25) is 0 Å². The lowest BCUT2D eigenvalue weighted by atomic mass is 10.1. The topological polar surface area (TPSA) is 71.1 Å². The highest BCUT2D eigenvalue weighted by Crippen LogP contribution is 2.35. The number of methoxy groups -OCH3 is 1. The molecule has 0 N–H and O–H groups in total. The molecule has 0 radical (unpaired) electrons. The van der Waals surface area contributed by atoms with Gasteiger partial charge in [-0.3, -0.25) is 13.9 Å². The summed E-state index contributed by atoms with van der Waals surface area (Å²) in [6, 6.07) is 17.8. The van der Waals surface area contributed by atoms with Gasteiger partial charge in [0, 0.05) is 19.0 Å². The Morgan fingerprint density at radius 3 is 2.20 bits per heavy atom. The minimum absolute atomic E-state index is 0.245. The zero-order chi connectivity index (χ0) is 24.4. The largest absolute Gasteiger partial charge is 0.497 e. The van der Waals surface area contributed by atoms with E-state index in [0.29, 0.717) is 43.1 Å². The van der Waals surface area contributed by atoms with Gasteiger partial charge in [-0.05, 0) is 42.5 Å². The standard InChI is InChI=1S/C28H32N4O3/c1-3-17-30-27(33)24-26(32(28(30)34)19-21-13-15-23(35-2)16-14-21)29-25(22-11-7-8-12-22)31(24)18-20-9-5-4-6-10-20/h4-6,9-10,13-16,22H,3,7-8,11-12,17-19H2,1-2H3. The van der Waals surface area contributed by atoms with E-state index in [1.807, 2.05) is 49.4 Å². The average Bonchev–Trinajstić information content (AvgIpc) is 3.54. The van der Waals surface area contributed by atoms with Crippen LogP contribution in [0.3, 0.4) is 0 Å². The number of nitrogens with zero attached hydrogens (tertiary/aromatic N) is 4. The lowest BCUT2D eigenvalue weighted by Gasteiger charge is -2.14. The molecule has 4 aromatic rings. The molecule has 0 atom stereocenters. The molecule has 35 heavy (non-hydrogen) atoms. The van der Waals surface area contributed by atoms with Crippen LogP contribution in [0.1, 0.15) is 61.9 Å². The van der Waals surface area contributed by atoms with Gasteiger partial charge in [-0.25, -0.2) is 9.78 Å². The van der Waals surface area contributed by atoms with Gasteiger partial charge in [0.25, 0.3) is 5.56 Å². The van der Waals surface area contributed by atoms with E-state index in [1.165, 1.54) is 4.57 Å². The summed E-state index contributed by atoms with van der Waals surface area (Å²) in [4.78, 5) is 32.3. The molecule has 0 saturated heterocycles. The van der Waals surface area contributed by atoms with Gasteiger partial charge in [-0.1, -0.05) is 62.2 Å². The summed E-state index contributed by atoms with van der Waals surface area (Å²) in [5.74, 6) is 1.99. The molecular weight excluding hydrogens is 440 g/mol. The molecule has 1 fully saturated rings. The maximum absolute atomic E-state index is 13.7. The van der Waals surface area contributed by atoms with Crippen molar-refractivity contribution in [3.8, 4) is 5.75 Å². The molecular formula is C28H32N4O3. The van der Waals surface area contributed by atoms with Crippen molar-refractivity contribution >= 4 is 11.2 Å². The summed E-state index contributed by atoms with van der Waals surface area (Å²) >= 11 is 0. The number of fused-ring (bicyclic) bond motifs is 1. The van der Waals surface area contributed by atoms with Crippen LogP contribution in [-0.4, -0.2) is 25.8 Å². The average molecular weight is 473 g/mol. The monoisotopic (exact) mass is 472 g/mol.